The molecule has 0 saturated carbocycles. The van der Waals surface area contributed by atoms with E-state index in [1.165, 1.54) is 0 Å². The molecule has 84 valence electrons. The lowest BCUT2D eigenvalue weighted by atomic mass is 10.0. The molecule has 0 aromatic rings. The average Bonchev–Trinajstić information content (AvgIpc) is 2.14. The van der Waals surface area contributed by atoms with E-state index >= 15 is 0 Å². The summed E-state index contributed by atoms with van der Waals surface area (Å²) in [5.74, 6) is 0.275. The molecule has 0 heterocycles. The molecule has 0 rings (SSSR count). The smallest absolute Gasteiger partial charge is 0.237 e. The third-order valence-corrected chi connectivity index (χ3v) is 2.10. The lowest BCUT2D eigenvalue weighted by Gasteiger charge is -2.20. The van der Waals surface area contributed by atoms with Crippen LogP contribution < -0.4 is 11.1 Å². The monoisotopic (exact) mass is 202 g/mol. The van der Waals surface area contributed by atoms with Crippen molar-refractivity contribution in [2.75, 3.05) is 6.61 Å². The number of hydrogen-bond acceptors (Lipinski definition) is 3. The quantitative estimate of drug-likeness (QED) is 0.578. The minimum absolute atomic E-state index is 0.0274. The molecule has 0 radical (unpaired) electrons. The number of rotatable bonds is 6. The van der Waals surface area contributed by atoms with Crippen LogP contribution in [0.25, 0.3) is 0 Å². The third kappa shape index (κ3) is 5.19. The first-order valence-corrected chi connectivity index (χ1v) is 5.18. The first kappa shape index (κ1) is 13.4. The van der Waals surface area contributed by atoms with Gasteiger partial charge in [-0.2, -0.15) is 0 Å². The molecule has 0 bridgehead atoms. The molecule has 0 aromatic carbocycles. The molecule has 0 saturated heterocycles. The van der Waals surface area contributed by atoms with Crippen LogP contribution in [-0.4, -0.2) is 29.7 Å². The van der Waals surface area contributed by atoms with Crippen LogP contribution in [0.3, 0.4) is 0 Å². The molecule has 1 amide bonds. The Hall–Kier alpha value is -0.610. The number of nitrogens with one attached hydrogen (secondary N) is 1. The molecule has 2 atom stereocenters. The maximum Gasteiger partial charge on any atom is 0.237 e. The molecule has 0 aliphatic rings. The number of carbonyl (C=O) groups is 1. The van der Waals surface area contributed by atoms with Crippen molar-refractivity contribution in [1.82, 2.24) is 5.32 Å². The largest absolute Gasteiger partial charge is 0.394 e. The normalized spacial score (nSPS) is 15.3. The second-order valence-electron chi connectivity index (χ2n) is 4.03. The van der Waals surface area contributed by atoms with E-state index in [0.717, 1.165) is 6.42 Å². The molecule has 2 unspecified atom stereocenters. The van der Waals surface area contributed by atoms with Gasteiger partial charge in [0, 0.05) is 0 Å². The van der Waals surface area contributed by atoms with Crippen LogP contribution in [0.5, 0.6) is 0 Å². The van der Waals surface area contributed by atoms with Crippen molar-refractivity contribution in [3.63, 3.8) is 0 Å². The van der Waals surface area contributed by atoms with E-state index in [0.29, 0.717) is 12.3 Å². The Labute approximate surface area is 85.9 Å². The average molecular weight is 202 g/mol. The second-order valence-corrected chi connectivity index (χ2v) is 4.03. The molecule has 0 aliphatic carbocycles. The number of carbonyl (C=O) groups excluding carboxylic acids is 1. The van der Waals surface area contributed by atoms with Gasteiger partial charge in [-0.15, -0.1) is 0 Å². The van der Waals surface area contributed by atoms with Gasteiger partial charge in [0.15, 0.2) is 0 Å². The molecule has 0 aromatic heterocycles. The van der Waals surface area contributed by atoms with Gasteiger partial charge in [0.25, 0.3) is 0 Å². The molecule has 4 heteroatoms. The molecular weight excluding hydrogens is 180 g/mol. The van der Waals surface area contributed by atoms with E-state index < -0.39 is 6.04 Å². The van der Waals surface area contributed by atoms with Crippen molar-refractivity contribution >= 4 is 5.91 Å². The van der Waals surface area contributed by atoms with Crippen molar-refractivity contribution in [2.45, 2.75) is 45.7 Å². The van der Waals surface area contributed by atoms with Gasteiger partial charge >= 0.3 is 0 Å². The van der Waals surface area contributed by atoms with E-state index in [4.69, 9.17) is 10.8 Å². The maximum atomic E-state index is 11.4. The summed E-state index contributed by atoms with van der Waals surface area (Å²) in [5.41, 5.74) is 5.56. The summed E-state index contributed by atoms with van der Waals surface area (Å²) in [7, 11) is 0. The number of nitrogens with two attached hydrogens (primary N) is 1. The van der Waals surface area contributed by atoms with E-state index in [9.17, 15) is 4.79 Å². The molecule has 0 aliphatic heterocycles. The predicted octanol–water partition coefficient (Wildman–Crippen LogP) is 0.247. The lowest BCUT2D eigenvalue weighted by molar-refractivity contribution is -0.123. The van der Waals surface area contributed by atoms with Crippen LogP contribution in [0.15, 0.2) is 0 Å². The van der Waals surface area contributed by atoms with Crippen molar-refractivity contribution in [3.8, 4) is 0 Å². The first-order valence-electron chi connectivity index (χ1n) is 5.18. The first-order chi connectivity index (χ1) is 6.51. The van der Waals surface area contributed by atoms with Crippen LogP contribution in [0.4, 0.5) is 0 Å². The summed E-state index contributed by atoms with van der Waals surface area (Å²) >= 11 is 0. The SMILES string of the molecule is CCC(N)C(=O)NC(CO)CC(C)C. The van der Waals surface area contributed by atoms with Gasteiger partial charge in [0.05, 0.1) is 18.7 Å². The van der Waals surface area contributed by atoms with E-state index in [2.05, 4.69) is 19.2 Å². The van der Waals surface area contributed by atoms with E-state index in [1.54, 1.807) is 0 Å². The molecule has 4 nitrogen and oxygen atoms in total. The minimum Gasteiger partial charge on any atom is -0.394 e. The van der Waals surface area contributed by atoms with Crippen LogP contribution in [0.2, 0.25) is 0 Å². The molecule has 4 N–H and O–H groups in total. The molecule has 0 fully saturated rings. The third-order valence-electron chi connectivity index (χ3n) is 2.10. The lowest BCUT2D eigenvalue weighted by Crippen LogP contribution is -2.46. The number of amides is 1. The number of aliphatic hydroxyl groups is 1. The van der Waals surface area contributed by atoms with Crippen molar-refractivity contribution < 1.29 is 9.90 Å². The van der Waals surface area contributed by atoms with Crippen LogP contribution in [-0.2, 0) is 4.79 Å². The highest BCUT2D eigenvalue weighted by atomic mass is 16.3. The fourth-order valence-electron chi connectivity index (χ4n) is 1.24. The summed E-state index contributed by atoms with van der Waals surface area (Å²) < 4.78 is 0. The summed E-state index contributed by atoms with van der Waals surface area (Å²) in [4.78, 5) is 11.4. The van der Waals surface area contributed by atoms with Crippen molar-refractivity contribution in [1.29, 1.82) is 0 Å². The molecular formula is C10H22N2O2. The van der Waals surface area contributed by atoms with Gasteiger partial charge < -0.3 is 16.2 Å². The highest BCUT2D eigenvalue weighted by Crippen LogP contribution is 2.04. The zero-order chi connectivity index (χ0) is 11.1. The van der Waals surface area contributed by atoms with Gasteiger partial charge in [-0.3, -0.25) is 4.79 Å². The Balaban J connectivity index is 3.98. The molecule has 0 spiro atoms. The Bertz CT molecular complexity index is 172. The Morgan fingerprint density at radius 1 is 1.50 bits per heavy atom. The zero-order valence-corrected chi connectivity index (χ0v) is 9.29. The Kier molecular flexibility index (Phi) is 6.49. The van der Waals surface area contributed by atoms with Gasteiger partial charge in [0.1, 0.15) is 0 Å². The van der Waals surface area contributed by atoms with E-state index in [1.807, 2.05) is 6.92 Å². The molecule has 14 heavy (non-hydrogen) atoms. The second kappa shape index (κ2) is 6.79. The summed E-state index contributed by atoms with van der Waals surface area (Å²) in [6, 6.07) is -0.628. The fraction of sp³-hybridized carbons (Fsp3) is 0.900. The summed E-state index contributed by atoms with van der Waals surface area (Å²) in [5, 5.41) is 11.8. The summed E-state index contributed by atoms with van der Waals surface area (Å²) in [6.07, 6.45) is 1.39. The van der Waals surface area contributed by atoms with Crippen molar-refractivity contribution in [2.24, 2.45) is 11.7 Å². The minimum atomic E-state index is -0.462. The number of hydrogen-bond donors (Lipinski definition) is 3. The highest BCUT2D eigenvalue weighted by molar-refractivity contribution is 5.81. The topological polar surface area (TPSA) is 75.4 Å². The van der Waals surface area contributed by atoms with Gasteiger partial charge in [0.2, 0.25) is 5.91 Å². The fourth-order valence-corrected chi connectivity index (χ4v) is 1.24. The zero-order valence-electron chi connectivity index (χ0n) is 9.29. The standard InChI is InChI=1S/C10H22N2O2/c1-4-9(11)10(14)12-8(6-13)5-7(2)3/h7-9,13H,4-6,11H2,1-3H3,(H,12,14). The number of aliphatic hydroxyl groups excluding tert-OH is 1. The Morgan fingerprint density at radius 2 is 2.07 bits per heavy atom. The van der Waals surface area contributed by atoms with Gasteiger partial charge in [-0.25, -0.2) is 0 Å². The predicted molar refractivity (Wildman–Crippen MR) is 56.7 cm³/mol. The summed E-state index contributed by atoms with van der Waals surface area (Å²) in [6.45, 7) is 5.93. The maximum absolute atomic E-state index is 11.4. The van der Waals surface area contributed by atoms with Crippen molar-refractivity contribution in [3.05, 3.63) is 0 Å². The highest BCUT2D eigenvalue weighted by Gasteiger charge is 2.16. The van der Waals surface area contributed by atoms with E-state index in [-0.39, 0.29) is 18.6 Å². The van der Waals surface area contributed by atoms with Crippen LogP contribution in [0.1, 0.15) is 33.6 Å². The van der Waals surface area contributed by atoms with Gasteiger partial charge in [-0.1, -0.05) is 20.8 Å². The Morgan fingerprint density at radius 3 is 2.43 bits per heavy atom. The van der Waals surface area contributed by atoms with Crippen LogP contribution >= 0.6 is 0 Å². The van der Waals surface area contributed by atoms with Crippen LogP contribution in [0, 0.1) is 5.92 Å². The van der Waals surface area contributed by atoms with Gasteiger partial charge in [-0.05, 0) is 18.8 Å².